The van der Waals surface area contributed by atoms with Gasteiger partial charge in [0.15, 0.2) is 0 Å². The average Bonchev–Trinajstić information content (AvgIpc) is 2.68. The van der Waals surface area contributed by atoms with E-state index in [0.717, 1.165) is 42.4 Å². The molecule has 0 amide bonds. The molecule has 27 heavy (non-hydrogen) atoms. The first kappa shape index (κ1) is 17.2. The van der Waals surface area contributed by atoms with Crippen molar-refractivity contribution >= 4 is 33.8 Å². The molecule has 4 rings (SSSR count). The Morgan fingerprint density at radius 3 is 2.81 bits per heavy atom. The molecule has 3 aromatic rings. The second-order valence-corrected chi connectivity index (χ2v) is 7.00. The van der Waals surface area contributed by atoms with Crippen LogP contribution in [0.4, 0.5) is 23.0 Å². The Labute approximate surface area is 157 Å². The van der Waals surface area contributed by atoms with Crippen molar-refractivity contribution in [2.75, 3.05) is 23.3 Å². The molecule has 0 bridgehead atoms. The van der Waals surface area contributed by atoms with Gasteiger partial charge >= 0.3 is 5.69 Å². The Balaban J connectivity index is 1.76. The second-order valence-electron chi connectivity index (χ2n) is 7.00. The minimum atomic E-state index is -0.387. The number of hydrogen-bond donors (Lipinski definition) is 1. The van der Waals surface area contributed by atoms with Gasteiger partial charge in [-0.2, -0.15) is 0 Å². The molecule has 0 spiro atoms. The van der Waals surface area contributed by atoms with Crippen LogP contribution in [-0.2, 0) is 0 Å². The van der Waals surface area contributed by atoms with Crippen molar-refractivity contribution in [3.8, 4) is 0 Å². The van der Waals surface area contributed by atoms with E-state index in [1.165, 1.54) is 6.33 Å². The maximum atomic E-state index is 11.9. The van der Waals surface area contributed by atoms with Crippen molar-refractivity contribution in [1.29, 1.82) is 0 Å². The normalized spacial score (nSPS) is 17.1. The number of benzene rings is 2. The average molecular weight is 363 g/mol. The Bertz CT molecular complexity index is 986. The van der Waals surface area contributed by atoms with Crippen molar-refractivity contribution in [3.05, 3.63) is 58.9 Å². The number of nitrogens with zero attached hydrogens (tertiary/aromatic N) is 4. The van der Waals surface area contributed by atoms with E-state index in [0.29, 0.717) is 11.7 Å². The number of rotatable bonds is 4. The summed E-state index contributed by atoms with van der Waals surface area (Å²) in [6.07, 6.45) is 3.54. The van der Waals surface area contributed by atoms with Crippen molar-refractivity contribution in [2.24, 2.45) is 5.92 Å². The van der Waals surface area contributed by atoms with Crippen LogP contribution in [-0.4, -0.2) is 28.0 Å². The van der Waals surface area contributed by atoms with E-state index in [1.54, 1.807) is 0 Å². The van der Waals surface area contributed by atoms with Crippen molar-refractivity contribution < 1.29 is 4.92 Å². The highest BCUT2D eigenvalue weighted by atomic mass is 16.6. The fourth-order valence-corrected chi connectivity index (χ4v) is 3.70. The summed E-state index contributed by atoms with van der Waals surface area (Å²) < 4.78 is 0. The van der Waals surface area contributed by atoms with Crippen LogP contribution < -0.4 is 10.2 Å². The van der Waals surface area contributed by atoms with E-state index in [2.05, 4.69) is 22.2 Å². The van der Waals surface area contributed by atoms with E-state index in [-0.39, 0.29) is 16.4 Å². The van der Waals surface area contributed by atoms with E-state index in [1.807, 2.05) is 47.4 Å². The van der Waals surface area contributed by atoms with Gasteiger partial charge in [-0.05, 0) is 30.2 Å². The number of nitrogens with one attached hydrogen (secondary N) is 1. The molecule has 2 aromatic carbocycles. The predicted molar refractivity (Wildman–Crippen MR) is 107 cm³/mol. The summed E-state index contributed by atoms with van der Waals surface area (Å²) in [4.78, 5) is 21.9. The van der Waals surface area contributed by atoms with Crippen molar-refractivity contribution in [1.82, 2.24) is 9.97 Å². The van der Waals surface area contributed by atoms with Gasteiger partial charge in [-0.3, -0.25) is 10.1 Å². The van der Waals surface area contributed by atoms with Gasteiger partial charge in [-0.25, -0.2) is 9.97 Å². The highest BCUT2D eigenvalue weighted by molar-refractivity contribution is 5.96. The minimum absolute atomic E-state index is 0.0699. The molecule has 7 nitrogen and oxygen atoms in total. The Morgan fingerprint density at radius 1 is 1.19 bits per heavy atom. The third kappa shape index (κ3) is 3.40. The lowest BCUT2D eigenvalue weighted by atomic mass is 10.0. The third-order valence-electron chi connectivity index (χ3n) is 4.98. The van der Waals surface area contributed by atoms with Crippen LogP contribution in [0.5, 0.6) is 0 Å². The Morgan fingerprint density at radius 2 is 2.00 bits per heavy atom. The van der Waals surface area contributed by atoms with Gasteiger partial charge in [-0.1, -0.05) is 43.3 Å². The zero-order chi connectivity index (χ0) is 18.8. The number of hydrogen-bond acceptors (Lipinski definition) is 6. The lowest BCUT2D eigenvalue weighted by molar-refractivity contribution is -0.383. The fourth-order valence-electron chi connectivity index (χ4n) is 3.70. The molecule has 1 fully saturated rings. The standard InChI is InChI=1S/C20H21N5O2/c1-14-6-5-11-24(12-14)20-18(25(26)27)19(21-13-22-20)23-17-10-4-8-15-7-2-3-9-16(15)17/h2-4,7-10,13-14H,5-6,11-12H2,1H3,(H,21,22,23). The lowest BCUT2D eigenvalue weighted by Gasteiger charge is -2.31. The van der Waals surface area contributed by atoms with Gasteiger partial charge in [0.25, 0.3) is 0 Å². The molecule has 0 aliphatic carbocycles. The number of piperidine rings is 1. The second kappa shape index (κ2) is 7.19. The molecule has 1 N–H and O–H groups in total. The molecular weight excluding hydrogens is 342 g/mol. The van der Waals surface area contributed by atoms with Crippen LogP contribution in [0.2, 0.25) is 0 Å². The molecule has 1 aliphatic rings. The molecule has 1 saturated heterocycles. The van der Waals surface area contributed by atoms with E-state index >= 15 is 0 Å². The van der Waals surface area contributed by atoms with Gasteiger partial charge in [0.05, 0.1) is 4.92 Å². The number of nitro groups is 1. The summed E-state index contributed by atoms with van der Waals surface area (Å²) in [5, 5.41) is 17.1. The van der Waals surface area contributed by atoms with Gasteiger partial charge < -0.3 is 10.2 Å². The van der Waals surface area contributed by atoms with Gasteiger partial charge in [0.1, 0.15) is 6.33 Å². The SMILES string of the molecule is CC1CCCN(c2ncnc(Nc3cccc4ccccc34)c2[N+](=O)[O-])C1. The molecular formula is C20H21N5O2. The molecule has 7 heteroatoms. The molecule has 1 atom stereocenters. The molecule has 1 unspecified atom stereocenters. The maximum absolute atomic E-state index is 11.9. The summed E-state index contributed by atoms with van der Waals surface area (Å²) in [5.74, 6) is 1.10. The first-order valence-electron chi connectivity index (χ1n) is 9.12. The zero-order valence-corrected chi connectivity index (χ0v) is 15.1. The first-order chi connectivity index (χ1) is 13.1. The summed E-state index contributed by atoms with van der Waals surface area (Å²) >= 11 is 0. The molecule has 2 heterocycles. The molecule has 1 aromatic heterocycles. The van der Waals surface area contributed by atoms with Crippen LogP contribution >= 0.6 is 0 Å². The molecule has 0 radical (unpaired) electrons. The third-order valence-corrected chi connectivity index (χ3v) is 4.98. The highest BCUT2D eigenvalue weighted by Crippen LogP contribution is 2.36. The number of aromatic nitrogens is 2. The summed E-state index contributed by atoms with van der Waals surface area (Å²) in [5.41, 5.74) is 0.715. The van der Waals surface area contributed by atoms with E-state index in [9.17, 15) is 10.1 Å². The first-order valence-corrected chi connectivity index (χ1v) is 9.12. The van der Waals surface area contributed by atoms with Crippen LogP contribution in [0.25, 0.3) is 10.8 Å². The Kier molecular flexibility index (Phi) is 4.58. The van der Waals surface area contributed by atoms with E-state index in [4.69, 9.17) is 0 Å². The summed E-state index contributed by atoms with van der Waals surface area (Å²) in [7, 11) is 0. The number of anilines is 3. The topological polar surface area (TPSA) is 84.2 Å². The minimum Gasteiger partial charge on any atom is -0.350 e. The van der Waals surface area contributed by atoms with Crippen LogP contribution in [0.3, 0.4) is 0 Å². The van der Waals surface area contributed by atoms with Gasteiger partial charge in [-0.15, -0.1) is 0 Å². The fraction of sp³-hybridized carbons (Fsp3) is 0.300. The van der Waals surface area contributed by atoms with Crippen molar-refractivity contribution in [2.45, 2.75) is 19.8 Å². The predicted octanol–water partition coefficient (Wildman–Crippen LogP) is 4.52. The van der Waals surface area contributed by atoms with E-state index < -0.39 is 0 Å². The van der Waals surface area contributed by atoms with Crippen molar-refractivity contribution in [3.63, 3.8) is 0 Å². The van der Waals surface area contributed by atoms with Gasteiger partial charge in [0, 0.05) is 24.2 Å². The maximum Gasteiger partial charge on any atom is 0.353 e. The zero-order valence-electron chi connectivity index (χ0n) is 15.1. The van der Waals surface area contributed by atoms with Crippen LogP contribution in [0.15, 0.2) is 48.8 Å². The van der Waals surface area contributed by atoms with Crippen LogP contribution in [0.1, 0.15) is 19.8 Å². The van der Waals surface area contributed by atoms with Gasteiger partial charge in [0.2, 0.25) is 11.6 Å². The lowest BCUT2D eigenvalue weighted by Crippen LogP contribution is -2.35. The summed E-state index contributed by atoms with van der Waals surface area (Å²) in [6, 6.07) is 13.7. The number of fused-ring (bicyclic) bond motifs is 1. The largest absolute Gasteiger partial charge is 0.353 e. The van der Waals surface area contributed by atoms with Crippen LogP contribution in [0, 0.1) is 16.0 Å². The quantitative estimate of drug-likeness (QED) is 0.542. The highest BCUT2D eigenvalue weighted by Gasteiger charge is 2.29. The Hall–Kier alpha value is -3.22. The monoisotopic (exact) mass is 363 g/mol. The molecule has 0 saturated carbocycles. The molecule has 1 aliphatic heterocycles. The smallest absolute Gasteiger partial charge is 0.350 e. The summed E-state index contributed by atoms with van der Waals surface area (Å²) in [6.45, 7) is 3.70. The molecule has 138 valence electrons.